The lowest BCUT2D eigenvalue weighted by Gasteiger charge is -2.31. The van der Waals surface area contributed by atoms with Crippen molar-refractivity contribution in [3.05, 3.63) is 34.9 Å². The minimum absolute atomic E-state index is 0.0753. The van der Waals surface area contributed by atoms with E-state index in [0.29, 0.717) is 10.9 Å². The van der Waals surface area contributed by atoms with E-state index < -0.39 is 0 Å². The van der Waals surface area contributed by atoms with Crippen molar-refractivity contribution >= 4 is 17.5 Å². The summed E-state index contributed by atoms with van der Waals surface area (Å²) >= 11 is 6.11. The molecular formula is C17H25ClN2O2. The second kappa shape index (κ2) is 8.51. The molecule has 1 aliphatic rings. The Balaban J connectivity index is 2.06. The van der Waals surface area contributed by atoms with E-state index in [1.54, 1.807) is 0 Å². The first-order valence-electron chi connectivity index (χ1n) is 7.93. The van der Waals surface area contributed by atoms with Gasteiger partial charge < -0.3 is 15.4 Å². The highest BCUT2D eigenvalue weighted by atomic mass is 35.5. The van der Waals surface area contributed by atoms with Crippen molar-refractivity contribution in [1.29, 1.82) is 0 Å². The molecule has 2 N–H and O–H groups in total. The molecule has 0 spiro atoms. The molecule has 1 amide bonds. The summed E-state index contributed by atoms with van der Waals surface area (Å²) in [6.45, 7) is 5.91. The summed E-state index contributed by atoms with van der Waals surface area (Å²) in [5.74, 6) is 0.282. The molecule has 2 atom stereocenters. The SMILES string of the molecule is CC(C)NC(=O)COC(c1cccc(Cl)c1)C1CCCNC1. The van der Waals surface area contributed by atoms with Crippen LogP contribution in [-0.4, -0.2) is 31.6 Å². The van der Waals surface area contributed by atoms with Gasteiger partial charge >= 0.3 is 0 Å². The second-order valence-corrected chi connectivity index (χ2v) is 6.55. The molecule has 22 heavy (non-hydrogen) atoms. The first-order valence-corrected chi connectivity index (χ1v) is 8.31. The highest BCUT2D eigenvalue weighted by Crippen LogP contribution is 2.31. The van der Waals surface area contributed by atoms with Crippen LogP contribution in [0.5, 0.6) is 0 Å². The Bertz CT molecular complexity index is 487. The number of piperidine rings is 1. The number of ether oxygens (including phenoxy) is 1. The maximum Gasteiger partial charge on any atom is 0.246 e. The van der Waals surface area contributed by atoms with Crippen LogP contribution in [0.25, 0.3) is 0 Å². The smallest absolute Gasteiger partial charge is 0.246 e. The van der Waals surface area contributed by atoms with E-state index in [2.05, 4.69) is 10.6 Å². The highest BCUT2D eigenvalue weighted by molar-refractivity contribution is 6.30. The van der Waals surface area contributed by atoms with Gasteiger partial charge in [-0.2, -0.15) is 0 Å². The number of halogens is 1. The van der Waals surface area contributed by atoms with Gasteiger partial charge in [-0.3, -0.25) is 4.79 Å². The Hall–Kier alpha value is -1.10. The molecule has 1 heterocycles. The molecule has 1 fully saturated rings. The maximum absolute atomic E-state index is 11.9. The van der Waals surface area contributed by atoms with Gasteiger partial charge in [-0.15, -0.1) is 0 Å². The van der Waals surface area contributed by atoms with Crippen molar-refractivity contribution in [2.75, 3.05) is 19.7 Å². The first kappa shape index (κ1) is 17.3. The number of benzene rings is 1. The van der Waals surface area contributed by atoms with Crippen LogP contribution in [-0.2, 0) is 9.53 Å². The van der Waals surface area contributed by atoms with Crippen LogP contribution in [0.1, 0.15) is 38.4 Å². The summed E-state index contributed by atoms with van der Waals surface area (Å²) in [5, 5.41) is 6.96. The van der Waals surface area contributed by atoms with Crippen LogP contribution >= 0.6 is 11.6 Å². The minimum atomic E-state index is -0.107. The summed E-state index contributed by atoms with van der Waals surface area (Å²) in [4.78, 5) is 11.9. The number of hydrogen-bond donors (Lipinski definition) is 2. The first-order chi connectivity index (χ1) is 10.6. The molecule has 0 aromatic heterocycles. The average molecular weight is 325 g/mol. The Labute approximate surface area is 137 Å². The van der Waals surface area contributed by atoms with Gasteiger partial charge in [-0.25, -0.2) is 0 Å². The lowest BCUT2D eigenvalue weighted by Crippen LogP contribution is -2.37. The predicted molar refractivity (Wildman–Crippen MR) is 89.0 cm³/mol. The number of nitrogens with one attached hydrogen (secondary N) is 2. The molecule has 1 aromatic carbocycles. The lowest BCUT2D eigenvalue weighted by molar-refractivity contribution is -0.129. The third kappa shape index (κ3) is 5.27. The normalized spacial score (nSPS) is 19.9. The molecule has 122 valence electrons. The number of rotatable bonds is 6. The number of hydrogen-bond acceptors (Lipinski definition) is 3. The molecule has 1 saturated heterocycles. The van der Waals surface area contributed by atoms with Crippen molar-refractivity contribution in [1.82, 2.24) is 10.6 Å². The fraction of sp³-hybridized carbons (Fsp3) is 0.588. The monoisotopic (exact) mass is 324 g/mol. The van der Waals surface area contributed by atoms with E-state index in [1.807, 2.05) is 38.1 Å². The molecule has 1 aromatic rings. The summed E-state index contributed by atoms with van der Waals surface area (Å²) in [6.07, 6.45) is 2.11. The standard InChI is InChI=1S/C17H25ClN2O2/c1-12(2)20-16(21)11-22-17(14-6-4-8-19-10-14)13-5-3-7-15(18)9-13/h3,5,7,9,12,14,17,19H,4,6,8,10-11H2,1-2H3,(H,20,21). The summed E-state index contributed by atoms with van der Waals surface area (Å²) in [5.41, 5.74) is 1.04. The molecule has 0 radical (unpaired) electrons. The third-order valence-electron chi connectivity index (χ3n) is 3.78. The van der Waals surface area contributed by atoms with Crippen molar-refractivity contribution in [2.45, 2.75) is 38.8 Å². The van der Waals surface area contributed by atoms with Crippen LogP contribution in [0.4, 0.5) is 0 Å². The fourth-order valence-electron chi connectivity index (χ4n) is 2.85. The molecule has 4 nitrogen and oxygen atoms in total. The van der Waals surface area contributed by atoms with Gasteiger partial charge in [-0.05, 0) is 50.9 Å². The average Bonchev–Trinajstić information content (AvgIpc) is 2.48. The number of carbonyl (C=O) groups is 1. The van der Waals surface area contributed by atoms with Gasteiger partial charge in [0, 0.05) is 23.5 Å². The van der Waals surface area contributed by atoms with Crippen molar-refractivity contribution in [3.63, 3.8) is 0 Å². The van der Waals surface area contributed by atoms with E-state index in [-0.39, 0.29) is 24.7 Å². The van der Waals surface area contributed by atoms with Gasteiger partial charge in [-0.1, -0.05) is 23.7 Å². The Kier molecular flexibility index (Phi) is 6.68. The lowest BCUT2D eigenvalue weighted by atomic mass is 9.89. The van der Waals surface area contributed by atoms with Gasteiger partial charge in [0.05, 0.1) is 6.10 Å². The maximum atomic E-state index is 11.9. The molecule has 0 aliphatic carbocycles. The molecule has 1 aliphatic heterocycles. The minimum Gasteiger partial charge on any atom is -0.363 e. The van der Waals surface area contributed by atoms with Gasteiger partial charge in [0.2, 0.25) is 5.91 Å². The number of carbonyl (C=O) groups excluding carboxylic acids is 1. The second-order valence-electron chi connectivity index (χ2n) is 6.12. The topological polar surface area (TPSA) is 50.4 Å². The van der Waals surface area contributed by atoms with Gasteiger partial charge in [0.25, 0.3) is 0 Å². The van der Waals surface area contributed by atoms with Crippen molar-refractivity contribution in [3.8, 4) is 0 Å². The highest BCUT2D eigenvalue weighted by Gasteiger charge is 2.26. The zero-order valence-electron chi connectivity index (χ0n) is 13.3. The third-order valence-corrected chi connectivity index (χ3v) is 4.02. The number of amides is 1. The Morgan fingerprint density at radius 2 is 2.32 bits per heavy atom. The van der Waals surface area contributed by atoms with Crippen LogP contribution in [0.2, 0.25) is 5.02 Å². The molecule has 5 heteroatoms. The van der Waals surface area contributed by atoms with Crippen LogP contribution < -0.4 is 10.6 Å². The van der Waals surface area contributed by atoms with E-state index in [0.717, 1.165) is 31.5 Å². The molecular weight excluding hydrogens is 300 g/mol. The Morgan fingerprint density at radius 1 is 1.50 bits per heavy atom. The molecule has 0 saturated carbocycles. The van der Waals surface area contributed by atoms with Crippen molar-refractivity contribution in [2.24, 2.45) is 5.92 Å². The van der Waals surface area contributed by atoms with E-state index >= 15 is 0 Å². The van der Waals surface area contributed by atoms with E-state index in [4.69, 9.17) is 16.3 Å². The summed E-state index contributed by atoms with van der Waals surface area (Å²) < 4.78 is 5.97. The predicted octanol–water partition coefficient (Wildman–Crippen LogP) is 2.92. The fourth-order valence-corrected chi connectivity index (χ4v) is 3.05. The Morgan fingerprint density at radius 3 is 2.95 bits per heavy atom. The zero-order chi connectivity index (χ0) is 15.9. The zero-order valence-corrected chi connectivity index (χ0v) is 14.0. The van der Waals surface area contributed by atoms with Crippen LogP contribution in [0.3, 0.4) is 0 Å². The van der Waals surface area contributed by atoms with Crippen LogP contribution in [0.15, 0.2) is 24.3 Å². The van der Waals surface area contributed by atoms with E-state index in [9.17, 15) is 4.79 Å². The molecule has 0 bridgehead atoms. The summed E-state index contributed by atoms with van der Waals surface area (Å²) in [7, 11) is 0. The van der Waals surface area contributed by atoms with Crippen LogP contribution in [0, 0.1) is 5.92 Å². The molecule has 2 rings (SSSR count). The van der Waals surface area contributed by atoms with Crippen molar-refractivity contribution < 1.29 is 9.53 Å². The quantitative estimate of drug-likeness (QED) is 0.846. The van der Waals surface area contributed by atoms with Gasteiger partial charge in [0.1, 0.15) is 6.61 Å². The molecule has 2 unspecified atom stereocenters. The summed E-state index contributed by atoms with van der Waals surface area (Å²) in [6, 6.07) is 7.86. The van der Waals surface area contributed by atoms with E-state index in [1.165, 1.54) is 0 Å². The largest absolute Gasteiger partial charge is 0.363 e. The van der Waals surface area contributed by atoms with Gasteiger partial charge in [0.15, 0.2) is 0 Å².